The highest BCUT2D eigenvalue weighted by Gasteiger charge is 2.23. The number of ether oxygens (including phenoxy) is 1. The molecule has 1 fully saturated rings. The average molecular weight is 289 g/mol. The minimum atomic E-state index is 0.156. The fourth-order valence-electron chi connectivity index (χ4n) is 2.68. The van der Waals surface area contributed by atoms with Crippen LogP contribution in [0.25, 0.3) is 0 Å². The van der Waals surface area contributed by atoms with Crippen molar-refractivity contribution < 1.29 is 4.74 Å². The molecule has 2 nitrogen and oxygen atoms in total. The van der Waals surface area contributed by atoms with Crippen LogP contribution >= 0.6 is 0 Å². The first-order valence-corrected chi connectivity index (χ1v) is 8.82. The molecule has 2 rings (SSSR count). The third-order valence-corrected chi connectivity index (χ3v) is 4.23. The number of benzene rings is 1. The van der Waals surface area contributed by atoms with Crippen molar-refractivity contribution in [2.45, 2.75) is 83.3 Å². The monoisotopic (exact) mass is 289 g/mol. The number of rotatable bonds is 11. The quantitative estimate of drug-likeness (QED) is 0.556. The fraction of sp³-hybridized carbons (Fsp3) is 0.684. The third-order valence-electron chi connectivity index (χ3n) is 4.23. The summed E-state index contributed by atoms with van der Waals surface area (Å²) in [7, 11) is 0. The van der Waals surface area contributed by atoms with E-state index in [1.54, 1.807) is 0 Å². The lowest BCUT2D eigenvalue weighted by Crippen LogP contribution is -2.10. The standard InChI is InChI=1S/C19H31NO/c1-2-3-4-5-6-7-8-12-19(20)16-10-9-11-18(15-16)21-17-13-14-17/h9-11,15,17,19H,2-8,12-14,20H2,1H3. The first-order chi connectivity index (χ1) is 10.3. The molecule has 1 unspecified atom stereocenters. The molecular weight excluding hydrogens is 258 g/mol. The summed E-state index contributed by atoms with van der Waals surface area (Å²) >= 11 is 0. The van der Waals surface area contributed by atoms with Crippen LogP contribution in [-0.4, -0.2) is 6.10 Å². The van der Waals surface area contributed by atoms with Crippen LogP contribution in [0, 0.1) is 0 Å². The van der Waals surface area contributed by atoms with Crippen LogP contribution in [0.15, 0.2) is 24.3 Å². The molecule has 0 amide bonds. The number of unbranched alkanes of at least 4 members (excludes halogenated alkanes) is 6. The van der Waals surface area contributed by atoms with Gasteiger partial charge in [-0.15, -0.1) is 0 Å². The minimum absolute atomic E-state index is 0.156. The van der Waals surface area contributed by atoms with Gasteiger partial charge in [-0.05, 0) is 37.0 Å². The van der Waals surface area contributed by atoms with Gasteiger partial charge in [-0.2, -0.15) is 0 Å². The van der Waals surface area contributed by atoms with E-state index >= 15 is 0 Å². The lowest BCUT2D eigenvalue weighted by Gasteiger charge is -2.13. The number of nitrogens with two attached hydrogens (primary N) is 1. The van der Waals surface area contributed by atoms with Gasteiger partial charge in [-0.1, -0.05) is 64.0 Å². The molecule has 0 aromatic heterocycles. The Kier molecular flexibility index (Phi) is 7.08. The molecule has 21 heavy (non-hydrogen) atoms. The van der Waals surface area contributed by atoms with Gasteiger partial charge in [0.25, 0.3) is 0 Å². The molecule has 2 N–H and O–H groups in total. The van der Waals surface area contributed by atoms with Crippen molar-refractivity contribution in [3.05, 3.63) is 29.8 Å². The Balaban J connectivity index is 1.64. The zero-order chi connectivity index (χ0) is 14.9. The minimum Gasteiger partial charge on any atom is -0.490 e. The SMILES string of the molecule is CCCCCCCCCC(N)c1cccc(OC2CC2)c1. The first kappa shape index (κ1) is 16.4. The van der Waals surface area contributed by atoms with Gasteiger partial charge in [0, 0.05) is 6.04 Å². The van der Waals surface area contributed by atoms with Crippen LogP contribution in [0.3, 0.4) is 0 Å². The van der Waals surface area contributed by atoms with Crippen LogP contribution < -0.4 is 10.5 Å². The van der Waals surface area contributed by atoms with Crippen molar-refractivity contribution in [2.24, 2.45) is 5.73 Å². The van der Waals surface area contributed by atoms with E-state index in [0.29, 0.717) is 6.10 Å². The van der Waals surface area contributed by atoms with Crippen molar-refractivity contribution >= 4 is 0 Å². The highest BCUT2D eigenvalue weighted by Crippen LogP contribution is 2.28. The molecule has 1 aliphatic carbocycles. The van der Waals surface area contributed by atoms with Crippen molar-refractivity contribution in [1.29, 1.82) is 0 Å². The van der Waals surface area contributed by atoms with Crippen molar-refractivity contribution in [3.8, 4) is 5.75 Å². The van der Waals surface area contributed by atoms with Crippen LogP contribution in [0.1, 0.15) is 82.7 Å². The second-order valence-corrected chi connectivity index (χ2v) is 6.41. The third kappa shape index (κ3) is 6.52. The molecule has 1 aromatic rings. The number of hydrogen-bond acceptors (Lipinski definition) is 2. The van der Waals surface area contributed by atoms with Crippen molar-refractivity contribution in [2.75, 3.05) is 0 Å². The van der Waals surface area contributed by atoms with E-state index < -0.39 is 0 Å². The lowest BCUT2D eigenvalue weighted by molar-refractivity contribution is 0.302. The van der Waals surface area contributed by atoms with Gasteiger partial charge in [0.05, 0.1) is 6.10 Å². The van der Waals surface area contributed by atoms with Crippen LogP contribution in [-0.2, 0) is 0 Å². The van der Waals surface area contributed by atoms with Crippen LogP contribution in [0.4, 0.5) is 0 Å². The van der Waals surface area contributed by atoms with E-state index in [-0.39, 0.29) is 6.04 Å². The van der Waals surface area contributed by atoms with E-state index in [0.717, 1.165) is 12.2 Å². The number of hydrogen-bond donors (Lipinski definition) is 1. The second kappa shape index (κ2) is 9.09. The lowest BCUT2D eigenvalue weighted by atomic mass is 10.00. The van der Waals surface area contributed by atoms with Gasteiger partial charge in [-0.25, -0.2) is 0 Å². The van der Waals surface area contributed by atoms with Gasteiger partial charge >= 0.3 is 0 Å². The van der Waals surface area contributed by atoms with Gasteiger partial charge in [0.1, 0.15) is 5.75 Å². The molecule has 0 spiro atoms. The highest BCUT2D eigenvalue weighted by atomic mass is 16.5. The Hall–Kier alpha value is -1.02. The maximum Gasteiger partial charge on any atom is 0.120 e. The van der Waals surface area contributed by atoms with Crippen LogP contribution in [0.2, 0.25) is 0 Å². The summed E-state index contributed by atoms with van der Waals surface area (Å²) in [5.74, 6) is 0.991. The summed E-state index contributed by atoms with van der Waals surface area (Å²) in [4.78, 5) is 0. The van der Waals surface area contributed by atoms with Gasteiger partial charge in [0.15, 0.2) is 0 Å². The Labute approximate surface area is 130 Å². The zero-order valence-electron chi connectivity index (χ0n) is 13.5. The van der Waals surface area contributed by atoms with Gasteiger partial charge in [-0.3, -0.25) is 0 Å². The summed E-state index contributed by atoms with van der Waals surface area (Å²) in [6, 6.07) is 8.53. The van der Waals surface area contributed by atoms with E-state index in [1.807, 2.05) is 6.07 Å². The molecule has 0 heterocycles. The Morgan fingerprint density at radius 1 is 1.10 bits per heavy atom. The second-order valence-electron chi connectivity index (χ2n) is 6.41. The largest absolute Gasteiger partial charge is 0.490 e. The molecule has 1 saturated carbocycles. The Morgan fingerprint density at radius 2 is 1.81 bits per heavy atom. The predicted molar refractivity (Wildman–Crippen MR) is 89.6 cm³/mol. The van der Waals surface area contributed by atoms with E-state index in [4.69, 9.17) is 10.5 Å². The molecule has 2 heteroatoms. The fourth-order valence-corrected chi connectivity index (χ4v) is 2.68. The molecule has 0 radical (unpaired) electrons. The van der Waals surface area contributed by atoms with Gasteiger partial charge in [0.2, 0.25) is 0 Å². The molecule has 1 aliphatic rings. The summed E-state index contributed by atoms with van der Waals surface area (Å²) in [5.41, 5.74) is 7.54. The topological polar surface area (TPSA) is 35.2 Å². The molecule has 1 atom stereocenters. The summed E-state index contributed by atoms with van der Waals surface area (Å²) in [6.45, 7) is 2.26. The van der Waals surface area contributed by atoms with E-state index in [1.165, 1.54) is 63.4 Å². The van der Waals surface area contributed by atoms with Crippen molar-refractivity contribution in [1.82, 2.24) is 0 Å². The molecule has 0 saturated heterocycles. The zero-order valence-corrected chi connectivity index (χ0v) is 13.5. The molecule has 0 bridgehead atoms. The summed E-state index contributed by atoms with van der Waals surface area (Å²) in [5, 5.41) is 0. The van der Waals surface area contributed by atoms with E-state index in [2.05, 4.69) is 25.1 Å². The molecule has 1 aromatic carbocycles. The first-order valence-electron chi connectivity index (χ1n) is 8.82. The highest BCUT2D eigenvalue weighted by molar-refractivity contribution is 5.30. The average Bonchev–Trinajstić information content (AvgIpc) is 3.30. The summed E-state index contributed by atoms with van der Waals surface area (Å²) in [6.07, 6.45) is 13.3. The molecule has 0 aliphatic heterocycles. The van der Waals surface area contributed by atoms with Crippen LogP contribution in [0.5, 0.6) is 5.75 Å². The molecule has 118 valence electrons. The Morgan fingerprint density at radius 3 is 2.52 bits per heavy atom. The summed E-state index contributed by atoms with van der Waals surface area (Å²) < 4.78 is 5.84. The predicted octanol–water partition coefficient (Wildman–Crippen LogP) is 5.37. The van der Waals surface area contributed by atoms with Gasteiger partial charge < -0.3 is 10.5 Å². The van der Waals surface area contributed by atoms with Crippen molar-refractivity contribution in [3.63, 3.8) is 0 Å². The Bertz CT molecular complexity index is 400. The molecular formula is C19H31NO. The maximum absolute atomic E-state index is 6.32. The maximum atomic E-state index is 6.32. The van der Waals surface area contributed by atoms with E-state index in [9.17, 15) is 0 Å². The normalized spacial score (nSPS) is 15.9. The smallest absolute Gasteiger partial charge is 0.120 e.